The second-order valence-electron chi connectivity index (χ2n) is 6.04. The summed E-state index contributed by atoms with van der Waals surface area (Å²) in [5.41, 5.74) is 0.791. The number of amides is 1. The van der Waals surface area contributed by atoms with Crippen molar-refractivity contribution in [3.63, 3.8) is 0 Å². The summed E-state index contributed by atoms with van der Waals surface area (Å²) in [6.45, 7) is 0.858. The molecule has 0 saturated heterocycles. The van der Waals surface area contributed by atoms with Crippen LogP contribution in [0.1, 0.15) is 11.4 Å². The maximum atomic E-state index is 12.0. The summed E-state index contributed by atoms with van der Waals surface area (Å²) < 4.78 is 7.54. The number of ether oxygens (including phenoxy) is 1. The number of nitrogens with zero attached hydrogens (tertiary/aromatic N) is 3. The van der Waals surface area contributed by atoms with E-state index in [1.807, 2.05) is 60.1 Å². The van der Waals surface area contributed by atoms with Crippen molar-refractivity contribution in [3.8, 4) is 5.75 Å². The van der Waals surface area contributed by atoms with Gasteiger partial charge >= 0.3 is 0 Å². The first-order chi connectivity index (χ1) is 14.1. The summed E-state index contributed by atoms with van der Waals surface area (Å²) >= 11 is 7.63. The van der Waals surface area contributed by atoms with E-state index in [0.717, 1.165) is 22.2 Å². The molecule has 6 nitrogen and oxygen atoms in total. The minimum atomic E-state index is -0.224. The Bertz CT molecular complexity index is 976. The molecule has 3 rings (SSSR count). The first-order valence-electron chi connectivity index (χ1n) is 9.03. The van der Waals surface area contributed by atoms with Gasteiger partial charge in [0.05, 0.1) is 13.2 Å². The number of carbonyl (C=O) groups excluding carboxylic acids is 1. The van der Waals surface area contributed by atoms with Crippen molar-refractivity contribution in [1.29, 1.82) is 0 Å². The SMILES string of the molecule is Cn1c(CNC(=O)/C=C/c2ccccc2Cl)nnc1SCCOc1ccccc1. The minimum absolute atomic E-state index is 0.224. The van der Waals surface area contributed by atoms with E-state index in [1.165, 1.54) is 6.08 Å². The fraction of sp³-hybridized carbons (Fsp3) is 0.190. The van der Waals surface area contributed by atoms with E-state index in [-0.39, 0.29) is 12.5 Å². The van der Waals surface area contributed by atoms with Gasteiger partial charge in [-0.25, -0.2) is 0 Å². The third kappa shape index (κ3) is 6.37. The van der Waals surface area contributed by atoms with Crippen molar-refractivity contribution in [3.05, 3.63) is 77.1 Å². The molecule has 0 atom stereocenters. The lowest BCUT2D eigenvalue weighted by Crippen LogP contribution is -2.22. The molecule has 1 N–H and O–H groups in total. The molecule has 0 spiro atoms. The third-order valence-corrected chi connectivity index (χ3v) is 5.32. The molecule has 2 aromatic carbocycles. The van der Waals surface area contributed by atoms with Crippen molar-refractivity contribution in [2.24, 2.45) is 7.05 Å². The average Bonchev–Trinajstić information content (AvgIpc) is 3.09. The fourth-order valence-corrected chi connectivity index (χ4v) is 3.38. The Morgan fingerprint density at radius 1 is 1.17 bits per heavy atom. The first kappa shape index (κ1) is 21.0. The molecule has 8 heteroatoms. The van der Waals surface area contributed by atoms with Crippen LogP contribution in [0.15, 0.2) is 65.8 Å². The monoisotopic (exact) mass is 428 g/mol. The Balaban J connectivity index is 1.44. The molecular weight excluding hydrogens is 408 g/mol. The normalized spacial score (nSPS) is 11.0. The lowest BCUT2D eigenvalue weighted by molar-refractivity contribution is -0.116. The molecule has 0 aliphatic carbocycles. The lowest BCUT2D eigenvalue weighted by Gasteiger charge is -2.06. The van der Waals surface area contributed by atoms with Crippen molar-refractivity contribution >= 4 is 35.3 Å². The standard InChI is InChI=1S/C21H21ClN4O2S/c1-26-19(15-23-20(27)12-11-16-7-5-6-10-18(16)22)24-25-21(26)29-14-13-28-17-8-3-2-4-9-17/h2-12H,13-15H2,1H3,(H,23,27)/b12-11+. The molecule has 0 aliphatic rings. The smallest absolute Gasteiger partial charge is 0.244 e. The Labute approximate surface area is 178 Å². The van der Waals surface area contributed by atoms with E-state index in [2.05, 4.69) is 15.5 Å². The minimum Gasteiger partial charge on any atom is -0.493 e. The zero-order valence-electron chi connectivity index (χ0n) is 15.9. The summed E-state index contributed by atoms with van der Waals surface area (Å²) in [5, 5.41) is 12.5. The molecule has 0 fully saturated rings. The number of hydrogen-bond acceptors (Lipinski definition) is 5. The van der Waals surface area contributed by atoms with Crippen LogP contribution in [0.4, 0.5) is 0 Å². The molecule has 0 saturated carbocycles. The van der Waals surface area contributed by atoms with Crippen molar-refractivity contribution in [2.75, 3.05) is 12.4 Å². The number of para-hydroxylation sites is 1. The van der Waals surface area contributed by atoms with Crippen LogP contribution in [-0.2, 0) is 18.4 Å². The van der Waals surface area contributed by atoms with Crippen LogP contribution in [0.5, 0.6) is 5.75 Å². The highest BCUT2D eigenvalue weighted by Crippen LogP contribution is 2.17. The summed E-state index contributed by atoms with van der Waals surface area (Å²) in [4.78, 5) is 12.0. The number of thioether (sulfide) groups is 1. The van der Waals surface area contributed by atoms with Crippen LogP contribution in [0.2, 0.25) is 5.02 Å². The highest BCUT2D eigenvalue weighted by Gasteiger charge is 2.10. The van der Waals surface area contributed by atoms with Crippen LogP contribution in [0, 0.1) is 0 Å². The molecule has 1 heterocycles. The predicted octanol–water partition coefficient (Wildman–Crippen LogP) is 3.97. The Hall–Kier alpha value is -2.77. The number of rotatable bonds is 9. The van der Waals surface area contributed by atoms with Gasteiger partial charge in [0, 0.05) is 23.9 Å². The van der Waals surface area contributed by atoms with Crippen LogP contribution in [0.25, 0.3) is 6.08 Å². The van der Waals surface area contributed by atoms with E-state index < -0.39 is 0 Å². The second-order valence-corrected chi connectivity index (χ2v) is 7.51. The second kappa shape index (κ2) is 10.7. The molecule has 0 aliphatic heterocycles. The highest BCUT2D eigenvalue weighted by atomic mass is 35.5. The number of nitrogens with one attached hydrogen (secondary N) is 1. The first-order valence-corrected chi connectivity index (χ1v) is 10.4. The van der Waals surface area contributed by atoms with Gasteiger partial charge < -0.3 is 14.6 Å². The van der Waals surface area contributed by atoms with Gasteiger partial charge in [0.15, 0.2) is 11.0 Å². The lowest BCUT2D eigenvalue weighted by atomic mass is 10.2. The number of halogens is 1. The van der Waals surface area contributed by atoms with Gasteiger partial charge in [-0.05, 0) is 29.8 Å². The zero-order valence-corrected chi connectivity index (χ0v) is 17.5. The van der Waals surface area contributed by atoms with Crippen LogP contribution >= 0.6 is 23.4 Å². The molecular formula is C21H21ClN4O2S. The van der Waals surface area contributed by atoms with Gasteiger partial charge in [0.2, 0.25) is 5.91 Å². The Kier molecular flexibility index (Phi) is 7.72. The molecule has 1 aromatic heterocycles. The predicted molar refractivity (Wildman–Crippen MR) is 116 cm³/mol. The van der Waals surface area contributed by atoms with Gasteiger partial charge in [-0.2, -0.15) is 0 Å². The average molecular weight is 429 g/mol. The van der Waals surface area contributed by atoms with Crippen LogP contribution < -0.4 is 10.1 Å². The van der Waals surface area contributed by atoms with E-state index >= 15 is 0 Å². The van der Waals surface area contributed by atoms with Gasteiger partial charge in [-0.1, -0.05) is 59.8 Å². The maximum absolute atomic E-state index is 12.0. The summed E-state index contributed by atoms with van der Waals surface area (Å²) in [6.07, 6.45) is 3.14. The summed E-state index contributed by atoms with van der Waals surface area (Å²) in [7, 11) is 1.88. The van der Waals surface area contributed by atoms with E-state index in [9.17, 15) is 4.79 Å². The molecule has 1 amide bonds. The van der Waals surface area contributed by atoms with E-state index in [0.29, 0.717) is 17.5 Å². The van der Waals surface area contributed by atoms with Crippen molar-refractivity contribution in [2.45, 2.75) is 11.7 Å². The number of aromatic nitrogens is 3. The zero-order chi connectivity index (χ0) is 20.5. The quantitative estimate of drug-likeness (QED) is 0.317. The molecule has 3 aromatic rings. The molecule has 29 heavy (non-hydrogen) atoms. The summed E-state index contributed by atoms with van der Waals surface area (Å²) in [5.74, 6) is 2.04. The largest absolute Gasteiger partial charge is 0.493 e. The van der Waals surface area contributed by atoms with Gasteiger partial charge in [0.25, 0.3) is 0 Å². The number of hydrogen-bond donors (Lipinski definition) is 1. The fourth-order valence-electron chi connectivity index (χ4n) is 2.43. The number of benzene rings is 2. The third-order valence-electron chi connectivity index (χ3n) is 3.99. The van der Waals surface area contributed by atoms with E-state index in [4.69, 9.17) is 16.3 Å². The number of carbonyl (C=O) groups is 1. The van der Waals surface area contributed by atoms with Crippen LogP contribution in [-0.4, -0.2) is 33.0 Å². The van der Waals surface area contributed by atoms with Crippen LogP contribution in [0.3, 0.4) is 0 Å². The summed E-state index contributed by atoms with van der Waals surface area (Å²) in [6, 6.07) is 17.0. The Morgan fingerprint density at radius 2 is 1.93 bits per heavy atom. The van der Waals surface area contributed by atoms with Crippen molar-refractivity contribution < 1.29 is 9.53 Å². The molecule has 0 unspecified atom stereocenters. The van der Waals surface area contributed by atoms with E-state index in [1.54, 1.807) is 23.9 Å². The van der Waals surface area contributed by atoms with Gasteiger partial charge in [0.1, 0.15) is 5.75 Å². The highest BCUT2D eigenvalue weighted by molar-refractivity contribution is 7.99. The molecule has 150 valence electrons. The topological polar surface area (TPSA) is 69.0 Å². The van der Waals surface area contributed by atoms with Gasteiger partial charge in [-0.3, -0.25) is 4.79 Å². The van der Waals surface area contributed by atoms with Gasteiger partial charge in [-0.15, -0.1) is 10.2 Å². The maximum Gasteiger partial charge on any atom is 0.244 e. The molecule has 0 bridgehead atoms. The Morgan fingerprint density at radius 3 is 2.72 bits per heavy atom. The van der Waals surface area contributed by atoms with Crippen molar-refractivity contribution in [1.82, 2.24) is 20.1 Å². The molecule has 0 radical (unpaired) electrons.